The number of carbonyl (C=O) groups is 3. The Kier molecular flexibility index (Phi) is 12.2. The van der Waals surface area contributed by atoms with Gasteiger partial charge in [0.25, 0.3) is 0 Å². The molecule has 0 saturated carbocycles. The topological polar surface area (TPSA) is 84.5 Å². The number of amides is 2. The molecule has 0 aromatic heterocycles. The van der Waals surface area contributed by atoms with Crippen molar-refractivity contribution in [1.29, 1.82) is 0 Å². The highest BCUT2D eigenvalue weighted by Gasteiger charge is 2.10. The van der Waals surface area contributed by atoms with Crippen LogP contribution < -0.4 is 15.4 Å². The SMILES string of the molecule is Cc1ccc(C)c(OCCCCC(=O)NCCCCNC(=O)CCC(=O)c2ccc(-c3ccccc3)cc2)c1. The zero-order chi connectivity index (χ0) is 27.9. The van der Waals surface area contributed by atoms with Gasteiger partial charge in [0.05, 0.1) is 6.61 Å². The van der Waals surface area contributed by atoms with Crippen molar-refractivity contribution >= 4 is 17.6 Å². The number of benzene rings is 3. The molecule has 206 valence electrons. The molecular weight excluding hydrogens is 488 g/mol. The van der Waals surface area contributed by atoms with Gasteiger partial charge in [-0.25, -0.2) is 0 Å². The molecule has 0 bridgehead atoms. The third-order valence-electron chi connectivity index (χ3n) is 6.54. The zero-order valence-electron chi connectivity index (χ0n) is 23.1. The number of ketones is 1. The lowest BCUT2D eigenvalue weighted by atomic mass is 10.0. The van der Waals surface area contributed by atoms with E-state index in [9.17, 15) is 14.4 Å². The molecule has 0 aliphatic carbocycles. The number of Topliss-reactive ketones (excluding diaryl/α,β-unsaturated/α-hetero) is 1. The maximum absolute atomic E-state index is 12.5. The maximum Gasteiger partial charge on any atom is 0.220 e. The summed E-state index contributed by atoms with van der Waals surface area (Å²) >= 11 is 0. The molecule has 0 radical (unpaired) electrons. The fourth-order valence-corrected chi connectivity index (χ4v) is 4.17. The smallest absolute Gasteiger partial charge is 0.220 e. The van der Waals surface area contributed by atoms with Gasteiger partial charge in [0.2, 0.25) is 11.8 Å². The van der Waals surface area contributed by atoms with Gasteiger partial charge in [-0.1, -0.05) is 66.7 Å². The number of hydrogen-bond acceptors (Lipinski definition) is 4. The van der Waals surface area contributed by atoms with Gasteiger partial charge in [-0.05, 0) is 67.9 Å². The van der Waals surface area contributed by atoms with Crippen molar-refractivity contribution in [3.05, 3.63) is 89.5 Å². The largest absolute Gasteiger partial charge is 0.493 e. The minimum absolute atomic E-state index is 0.0377. The third kappa shape index (κ3) is 10.8. The van der Waals surface area contributed by atoms with Gasteiger partial charge < -0.3 is 15.4 Å². The van der Waals surface area contributed by atoms with Gasteiger partial charge in [0.1, 0.15) is 5.75 Å². The van der Waals surface area contributed by atoms with Crippen LogP contribution in [0.5, 0.6) is 5.75 Å². The van der Waals surface area contributed by atoms with E-state index in [0.29, 0.717) is 31.7 Å². The van der Waals surface area contributed by atoms with Crippen LogP contribution in [0.25, 0.3) is 11.1 Å². The van der Waals surface area contributed by atoms with Gasteiger partial charge in [0.15, 0.2) is 5.78 Å². The summed E-state index contributed by atoms with van der Waals surface area (Å²) in [5.74, 6) is 0.786. The van der Waals surface area contributed by atoms with Gasteiger partial charge in [-0.3, -0.25) is 14.4 Å². The minimum Gasteiger partial charge on any atom is -0.493 e. The summed E-state index contributed by atoms with van der Waals surface area (Å²) in [5.41, 5.74) is 5.07. The summed E-state index contributed by atoms with van der Waals surface area (Å²) in [5, 5.41) is 5.79. The van der Waals surface area contributed by atoms with Crippen molar-refractivity contribution in [2.24, 2.45) is 0 Å². The van der Waals surface area contributed by atoms with E-state index < -0.39 is 0 Å². The first-order chi connectivity index (χ1) is 18.9. The fourth-order valence-electron chi connectivity index (χ4n) is 4.17. The lowest BCUT2D eigenvalue weighted by molar-refractivity contribution is -0.122. The van der Waals surface area contributed by atoms with E-state index in [1.165, 1.54) is 5.56 Å². The van der Waals surface area contributed by atoms with E-state index in [-0.39, 0.29) is 30.4 Å². The predicted molar refractivity (Wildman–Crippen MR) is 156 cm³/mol. The standard InChI is InChI=1S/C33H40N2O4/c1-25-13-14-26(2)31(24-25)39-23-9-6-12-32(37)34-21-7-8-22-35-33(38)20-19-30(36)29-17-15-28(16-18-29)27-10-4-3-5-11-27/h3-5,10-11,13-18,24H,6-9,12,19-23H2,1-2H3,(H,34,37)(H,35,38). The van der Waals surface area contributed by atoms with Crippen LogP contribution in [0.15, 0.2) is 72.8 Å². The van der Waals surface area contributed by atoms with Crippen molar-refractivity contribution in [3.63, 3.8) is 0 Å². The summed E-state index contributed by atoms with van der Waals surface area (Å²) in [4.78, 5) is 36.6. The molecule has 0 fully saturated rings. The molecule has 2 N–H and O–H groups in total. The van der Waals surface area contributed by atoms with Crippen molar-refractivity contribution in [3.8, 4) is 16.9 Å². The molecule has 2 amide bonds. The quantitative estimate of drug-likeness (QED) is 0.171. The molecule has 39 heavy (non-hydrogen) atoms. The van der Waals surface area contributed by atoms with Gasteiger partial charge in [-0.15, -0.1) is 0 Å². The Balaban J connectivity index is 1.18. The second-order valence-corrected chi connectivity index (χ2v) is 9.85. The molecule has 6 nitrogen and oxygen atoms in total. The molecular formula is C33H40N2O4. The molecule has 0 heterocycles. The van der Waals surface area contributed by atoms with Crippen molar-refractivity contribution in [2.45, 2.75) is 58.8 Å². The minimum atomic E-state index is -0.128. The number of aryl methyl sites for hydroxylation is 2. The first-order valence-electron chi connectivity index (χ1n) is 13.8. The van der Waals surface area contributed by atoms with E-state index in [0.717, 1.165) is 48.1 Å². The molecule has 0 spiro atoms. The zero-order valence-corrected chi connectivity index (χ0v) is 23.1. The Labute approximate surface area is 232 Å². The van der Waals surface area contributed by atoms with E-state index in [2.05, 4.69) is 22.8 Å². The lowest BCUT2D eigenvalue weighted by Gasteiger charge is -2.10. The number of unbranched alkanes of at least 4 members (excludes halogenated alkanes) is 2. The van der Waals surface area contributed by atoms with Crippen LogP contribution in [0.2, 0.25) is 0 Å². The second-order valence-electron chi connectivity index (χ2n) is 9.85. The van der Waals surface area contributed by atoms with Crippen molar-refractivity contribution in [1.82, 2.24) is 10.6 Å². The average Bonchev–Trinajstić information content (AvgIpc) is 2.95. The van der Waals surface area contributed by atoms with Crippen LogP contribution >= 0.6 is 0 Å². The first kappa shape index (κ1) is 29.6. The molecule has 6 heteroatoms. The summed E-state index contributed by atoms with van der Waals surface area (Å²) in [6.45, 7) is 5.79. The molecule has 0 aliphatic rings. The van der Waals surface area contributed by atoms with Crippen LogP contribution in [-0.4, -0.2) is 37.3 Å². The second kappa shape index (κ2) is 16.1. The Morgan fingerprint density at radius 1 is 0.667 bits per heavy atom. The van der Waals surface area contributed by atoms with Crippen LogP contribution in [0.4, 0.5) is 0 Å². The molecule has 3 aromatic carbocycles. The predicted octanol–water partition coefficient (Wildman–Crippen LogP) is 6.20. The summed E-state index contributed by atoms with van der Waals surface area (Å²) in [7, 11) is 0. The number of hydrogen-bond donors (Lipinski definition) is 2. The van der Waals surface area contributed by atoms with E-state index in [4.69, 9.17) is 4.74 Å². The average molecular weight is 529 g/mol. The lowest BCUT2D eigenvalue weighted by Crippen LogP contribution is -2.27. The summed E-state index contributed by atoms with van der Waals surface area (Å²) in [6.07, 6.45) is 4.00. The molecule has 0 aliphatic heterocycles. The van der Waals surface area contributed by atoms with Gasteiger partial charge in [0, 0.05) is 37.9 Å². The number of nitrogens with one attached hydrogen (secondary N) is 2. The fraction of sp³-hybridized carbons (Fsp3) is 0.364. The number of rotatable bonds is 16. The highest BCUT2D eigenvalue weighted by Crippen LogP contribution is 2.20. The normalized spacial score (nSPS) is 10.6. The first-order valence-corrected chi connectivity index (χ1v) is 13.8. The van der Waals surface area contributed by atoms with Crippen LogP contribution in [-0.2, 0) is 9.59 Å². The Morgan fingerprint density at radius 3 is 2.00 bits per heavy atom. The molecule has 0 atom stereocenters. The molecule has 3 rings (SSSR count). The van der Waals surface area contributed by atoms with E-state index >= 15 is 0 Å². The molecule has 0 unspecified atom stereocenters. The van der Waals surface area contributed by atoms with Crippen molar-refractivity contribution < 1.29 is 19.1 Å². The van der Waals surface area contributed by atoms with Crippen LogP contribution in [0.3, 0.4) is 0 Å². The third-order valence-corrected chi connectivity index (χ3v) is 6.54. The van der Waals surface area contributed by atoms with Gasteiger partial charge >= 0.3 is 0 Å². The Hall–Kier alpha value is -3.93. The maximum atomic E-state index is 12.5. The van der Waals surface area contributed by atoms with Crippen molar-refractivity contribution in [2.75, 3.05) is 19.7 Å². The van der Waals surface area contributed by atoms with Crippen LogP contribution in [0, 0.1) is 13.8 Å². The Morgan fingerprint density at radius 2 is 1.31 bits per heavy atom. The highest BCUT2D eigenvalue weighted by molar-refractivity contribution is 5.98. The molecule has 3 aromatic rings. The Bertz CT molecular complexity index is 1210. The number of ether oxygens (including phenoxy) is 1. The number of carbonyl (C=O) groups excluding carboxylic acids is 3. The van der Waals surface area contributed by atoms with E-state index in [1.807, 2.05) is 74.5 Å². The summed E-state index contributed by atoms with van der Waals surface area (Å²) < 4.78 is 5.83. The van der Waals surface area contributed by atoms with Gasteiger partial charge in [-0.2, -0.15) is 0 Å². The van der Waals surface area contributed by atoms with Crippen LogP contribution in [0.1, 0.15) is 66.4 Å². The molecule has 0 saturated heterocycles. The summed E-state index contributed by atoms with van der Waals surface area (Å²) in [6, 6.07) is 23.7. The monoisotopic (exact) mass is 528 g/mol. The van der Waals surface area contributed by atoms with E-state index in [1.54, 1.807) is 0 Å². The highest BCUT2D eigenvalue weighted by atomic mass is 16.5.